The summed E-state index contributed by atoms with van der Waals surface area (Å²) >= 11 is 0. The Morgan fingerprint density at radius 1 is 1.14 bits per heavy atom. The third kappa shape index (κ3) is 1.89. The van der Waals surface area contributed by atoms with E-state index in [4.69, 9.17) is 0 Å². The van der Waals surface area contributed by atoms with Crippen LogP contribution in [0.1, 0.15) is 33.3 Å². The van der Waals surface area contributed by atoms with E-state index in [1.807, 2.05) is 20.8 Å². The molecule has 0 aliphatic carbocycles. The Labute approximate surface area is 84.6 Å². The topological polar surface area (TPSA) is 20.2 Å². The van der Waals surface area contributed by atoms with Gasteiger partial charge in [-0.3, -0.25) is 0 Å². The van der Waals surface area contributed by atoms with Gasteiger partial charge in [-0.05, 0) is 30.0 Å². The molecule has 1 unspecified atom stereocenters. The lowest BCUT2D eigenvalue weighted by molar-refractivity contribution is 0.0450. The van der Waals surface area contributed by atoms with Crippen LogP contribution in [0.5, 0.6) is 5.75 Å². The highest BCUT2D eigenvalue weighted by molar-refractivity contribution is 5.32. The summed E-state index contributed by atoms with van der Waals surface area (Å²) in [6, 6.07) is 6.38. The highest BCUT2D eigenvalue weighted by Crippen LogP contribution is 2.43. The molecule has 0 aliphatic heterocycles. The van der Waals surface area contributed by atoms with Crippen LogP contribution in [0, 0.1) is 5.41 Å². The van der Waals surface area contributed by atoms with E-state index < -0.39 is 11.1 Å². The number of aromatic hydroxyl groups is 1. The molecule has 2 heteroatoms. The number of hydrogen-bond acceptors (Lipinski definition) is 1. The molecule has 1 aromatic carbocycles. The predicted octanol–water partition coefficient (Wildman–Crippen LogP) is 3.62. The molecule has 0 amide bonds. The van der Waals surface area contributed by atoms with Crippen LogP contribution in [-0.2, 0) is 5.67 Å². The molecule has 0 radical (unpaired) electrons. The Balaban J connectivity index is 3.16. The third-order valence-corrected chi connectivity index (χ3v) is 2.80. The third-order valence-electron chi connectivity index (χ3n) is 2.80. The second-order valence-electron chi connectivity index (χ2n) is 4.80. The molecule has 1 N–H and O–H groups in total. The summed E-state index contributed by atoms with van der Waals surface area (Å²) in [6.07, 6.45) is 0. The number of rotatable bonds is 1. The zero-order valence-corrected chi connectivity index (χ0v) is 9.13. The molecule has 0 saturated carbocycles. The molecule has 0 spiro atoms. The van der Waals surface area contributed by atoms with Gasteiger partial charge in [-0.2, -0.15) is 0 Å². The quantitative estimate of drug-likeness (QED) is 0.727. The lowest BCUT2D eigenvalue weighted by atomic mass is 9.75. The zero-order valence-electron chi connectivity index (χ0n) is 9.13. The van der Waals surface area contributed by atoms with Crippen LogP contribution in [0.3, 0.4) is 0 Å². The number of benzene rings is 1. The fourth-order valence-corrected chi connectivity index (χ4v) is 1.23. The predicted molar refractivity (Wildman–Crippen MR) is 56.0 cm³/mol. The fourth-order valence-electron chi connectivity index (χ4n) is 1.23. The summed E-state index contributed by atoms with van der Waals surface area (Å²) in [5, 5.41) is 9.28. The second kappa shape index (κ2) is 3.26. The Hall–Kier alpha value is -1.05. The van der Waals surface area contributed by atoms with Crippen molar-refractivity contribution < 1.29 is 9.50 Å². The second-order valence-corrected chi connectivity index (χ2v) is 4.80. The number of alkyl halides is 1. The van der Waals surface area contributed by atoms with E-state index >= 15 is 0 Å². The molecule has 14 heavy (non-hydrogen) atoms. The van der Waals surface area contributed by atoms with Crippen LogP contribution >= 0.6 is 0 Å². The van der Waals surface area contributed by atoms with E-state index in [-0.39, 0.29) is 5.75 Å². The van der Waals surface area contributed by atoms with E-state index in [0.29, 0.717) is 5.56 Å². The molecule has 78 valence electrons. The van der Waals surface area contributed by atoms with Crippen molar-refractivity contribution in [3.05, 3.63) is 29.8 Å². The number of phenols is 1. The maximum absolute atomic E-state index is 14.4. The monoisotopic (exact) mass is 196 g/mol. The van der Waals surface area contributed by atoms with E-state index in [1.165, 1.54) is 6.07 Å². The standard InChI is InChI=1S/C12H17FO/c1-11(2,3)12(4,13)9-6-5-7-10(14)8-9/h5-8,14H,1-4H3. The molecule has 0 bridgehead atoms. The van der Waals surface area contributed by atoms with Crippen molar-refractivity contribution in [1.29, 1.82) is 0 Å². The van der Waals surface area contributed by atoms with Gasteiger partial charge in [-0.1, -0.05) is 32.9 Å². The highest BCUT2D eigenvalue weighted by Gasteiger charge is 2.39. The van der Waals surface area contributed by atoms with Crippen molar-refractivity contribution >= 4 is 0 Å². The summed E-state index contributed by atoms with van der Waals surface area (Å²) in [5.41, 5.74) is -1.41. The summed E-state index contributed by atoms with van der Waals surface area (Å²) in [5.74, 6) is 0.107. The summed E-state index contributed by atoms with van der Waals surface area (Å²) < 4.78 is 14.4. The first kappa shape index (κ1) is 11.0. The van der Waals surface area contributed by atoms with Crippen LogP contribution in [-0.4, -0.2) is 5.11 Å². The van der Waals surface area contributed by atoms with Gasteiger partial charge in [0.05, 0.1) is 0 Å². The number of phenolic OH excluding ortho intramolecular Hbond substituents is 1. The molecular weight excluding hydrogens is 179 g/mol. The van der Waals surface area contributed by atoms with Crippen molar-refractivity contribution in [2.75, 3.05) is 0 Å². The van der Waals surface area contributed by atoms with Crippen molar-refractivity contribution in [1.82, 2.24) is 0 Å². The molecule has 1 rings (SSSR count). The Bertz CT molecular complexity index is 323. The lowest BCUT2D eigenvalue weighted by Crippen LogP contribution is -2.32. The molecule has 0 aromatic heterocycles. The van der Waals surface area contributed by atoms with Crippen molar-refractivity contribution in [3.8, 4) is 5.75 Å². The first-order chi connectivity index (χ1) is 6.25. The van der Waals surface area contributed by atoms with E-state index in [0.717, 1.165) is 0 Å². The van der Waals surface area contributed by atoms with Crippen molar-refractivity contribution in [3.63, 3.8) is 0 Å². The van der Waals surface area contributed by atoms with E-state index in [2.05, 4.69) is 0 Å². The van der Waals surface area contributed by atoms with E-state index in [9.17, 15) is 9.50 Å². The summed E-state index contributed by atoms with van der Waals surface area (Å²) in [4.78, 5) is 0. The number of hydrogen-bond donors (Lipinski definition) is 1. The van der Waals surface area contributed by atoms with Gasteiger partial charge >= 0.3 is 0 Å². The smallest absolute Gasteiger partial charge is 0.138 e. The normalized spacial score (nSPS) is 16.4. The molecule has 1 aromatic rings. The maximum Gasteiger partial charge on any atom is 0.138 e. The molecule has 0 fully saturated rings. The van der Waals surface area contributed by atoms with Crippen LogP contribution in [0.4, 0.5) is 4.39 Å². The molecule has 1 nitrogen and oxygen atoms in total. The SMILES string of the molecule is CC(C)(C)C(C)(F)c1cccc(O)c1. The van der Waals surface area contributed by atoms with Gasteiger partial charge in [-0.15, -0.1) is 0 Å². The number of halogens is 1. The minimum atomic E-state index is -1.44. The molecule has 0 aliphatic rings. The van der Waals surface area contributed by atoms with Crippen molar-refractivity contribution in [2.24, 2.45) is 5.41 Å². The summed E-state index contributed by atoms with van der Waals surface area (Å²) in [7, 11) is 0. The maximum atomic E-state index is 14.4. The average molecular weight is 196 g/mol. The summed E-state index contributed by atoms with van der Waals surface area (Å²) in [6.45, 7) is 7.08. The van der Waals surface area contributed by atoms with Gasteiger partial charge in [-0.25, -0.2) is 4.39 Å². The van der Waals surface area contributed by atoms with Crippen LogP contribution in [0.15, 0.2) is 24.3 Å². The van der Waals surface area contributed by atoms with Gasteiger partial charge in [0.1, 0.15) is 11.4 Å². The molecular formula is C12H17FO. The van der Waals surface area contributed by atoms with Gasteiger partial charge in [0, 0.05) is 0 Å². The average Bonchev–Trinajstić information content (AvgIpc) is 2.02. The van der Waals surface area contributed by atoms with Gasteiger partial charge in [0.2, 0.25) is 0 Å². The van der Waals surface area contributed by atoms with E-state index in [1.54, 1.807) is 25.1 Å². The largest absolute Gasteiger partial charge is 0.508 e. The lowest BCUT2D eigenvalue weighted by Gasteiger charge is -2.35. The molecule has 0 saturated heterocycles. The minimum Gasteiger partial charge on any atom is -0.508 e. The fraction of sp³-hybridized carbons (Fsp3) is 0.500. The highest BCUT2D eigenvalue weighted by atomic mass is 19.1. The van der Waals surface area contributed by atoms with Crippen LogP contribution in [0.2, 0.25) is 0 Å². The first-order valence-electron chi connectivity index (χ1n) is 4.73. The van der Waals surface area contributed by atoms with Gasteiger partial charge < -0.3 is 5.11 Å². The van der Waals surface area contributed by atoms with Crippen LogP contribution < -0.4 is 0 Å². The van der Waals surface area contributed by atoms with Gasteiger partial charge in [0.15, 0.2) is 0 Å². The molecule has 0 heterocycles. The Kier molecular flexibility index (Phi) is 2.57. The minimum absolute atomic E-state index is 0.107. The Morgan fingerprint density at radius 3 is 2.14 bits per heavy atom. The van der Waals surface area contributed by atoms with Crippen LogP contribution in [0.25, 0.3) is 0 Å². The Morgan fingerprint density at radius 2 is 1.71 bits per heavy atom. The van der Waals surface area contributed by atoms with Gasteiger partial charge in [0.25, 0.3) is 0 Å². The van der Waals surface area contributed by atoms with Crippen molar-refractivity contribution in [2.45, 2.75) is 33.4 Å². The molecule has 1 atom stereocenters. The zero-order chi connectivity index (χ0) is 11.0. The first-order valence-corrected chi connectivity index (χ1v) is 4.73.